The predicted octanol–water partition coefficient (Wildman–Crippen LogP) is -0.519. The van der Waals surface area contributed by atoms with Crippen molar-refractivity contribution in [3.63, 3.8) is 0 Å². The molecule has 0 aromatic heterocycles. The predicted molar refractivity (Wildman–Crippen MR) is 71.7 cm³/mol. The minimum atomic E-state index is -3.50. The van der Waals surface area contributed by atoms with Crippen LogP contribution in [0.4, 0.5) is 0 Å². The summed E-state index contributed by atoms with van der Waals surface area (Å²) >= 11 is 0. The number of hydrogen-bond donors (Lipinski definition) is 2. The molecule has 108 valence electrons. The van der Waals surface area contributed by atoms with Gasteiger partial charge >= 0.3 is 0 Å². The molecule has 0 aliphatic carbocycles. The number of nitrogens with one attached hydrogen (secondary N) is 2. The average molecular weight is 298 g/mol. The molecule has 0 radical (unpaired) electrons. The zero-order valence-electron chi connectivity index (χ0n) is 11.1. The molecule has 0 bridgehead atoms. The van der Waals surface area contributed by atoms with Crippen molar-refractivity contribution in [3.05, 3.63) is 0 Å². The smallest absolute Gasteiger partial charge is 0.215 e. The van der Waals surface area contributed by atoms with E-state index in [2.05, 4.69) is 10.0 Å². The molecule has 0 amide bonds. The maximum Gasteiger partial charge on any atom is 0.215 e. The number of sulfonamides is 1. The van der Waals surface area contributed by atoms with Crippen LogP contribution in [-0.2, 0) is 19.9 Å². The third kappa shape index (κ3) is 4.18. The third-order valence-electron chi connectivity index (χ3n) is 3.10. The molecule has 1 aliphatic heterocycles. The van der Waals surface area contributed by atoms with E-state index in [1.807, 2.05) is 6.92 Å². The Morgan fingerprint density at radius 1 is 1.39 bits per heavy atom. The second-order valence-corrected chi connectivity index (χ2v) is 9.45. The molecule has 0 spiro atoms. The van der Waals surface area contributed by atoms with E-state index >= 15 is 0 Å². The summed E-state index contributed by atoms with van der Waals surface area (Å²) in [5.74, 6) is -0.0687. The van der Waals surface area contributed by atoms with Crippen LogP contribution in [0.1, 0.15) is 27.2 Å². The summed E-state index contributed by atoms with van der Waals surface area (Å²) < 4.78 is 49.5. The molecule has 2 unspecified atom stereocenters. The summed E-state index contributed by atoms with van der Waals surface area (Å²) in [6.07, 6.45) is 0.336. The molecule has 18 heavy (non-hydrogen) atoms. The highest BCUT2D eigenvalue weighted by Gasteiger charge is 2.42. The Kier molecular flexibility index (Phi) is 4.80. The molecular weight excluding hydrogens is 276 g/mol. The van der Waals surface area contributed by atoms with E-state index in [9.17, 15) is 16.8 Å². The van der Waals surface area contributed by atoms with Crippen LogP contribution in [0.3, 0.4) is 0 Å². The molecular formula is C10H22N2O4S2. The van der Waals surface area contributed by atoms with E-state index in [0.29, 0.717) is 19.5 Å². The van der Waals surface area contributed by atoms with Gasteiger partial charge in [-0.15, -0.1) is 0 Å². The van der Waals surface area contributed by atoms with Gasteiger partial charge in [0.05, 0.1) is 16.8 Å². The van der Waals surface area contributed by atoms with Gasteiger partial charge in [-0.05, 0) is 26.8 Å². The molecule has 6 nitrogen and oxygen atoms in total. The Hall–Kier alpha value is -0.180. The first-order chi connectivity index (χ1) is 8.10. The molecule has 1 fully saturated rings. The van der Waals surface area contributed by atoms with Crippen molar-refractivity contribution in [1.29, 1.82) is 0 Å². The van der Waals surface area contributed by atoms with Crippen molar-refractivity contribution in [2.45, 2.75) is 38.0 Å². The van der Waals surface area contributed by atoms with Gasteiger partial charge in [0.1, 0.15) is 0 Å². The molecule has 1 aliphatic rings. The van der Waals surface area contributed by atoms with Crippen LogP contribution in [0, 0.1) is 0 Å². The summed E-state index contributed by atoms with van der Waals surface area (Å²) in [4.78, 5) is 0. The topological polar surface area (TPSA) is 92.3 Å². The zero-order valence-corrected chi connectivity index (χ0v) is 12.7. The van der Waals surface area contributed by atoms with E-state index in [1.54, 1.807) is 13.8 Å². The van der Waals surface area contributed by atoms with E-state index in [0.717, 1.165) is 0 Å². The van der Waals surface area contributed by atoms with Gasteiger partial charge in [-0.1, -0.05) is 6.92 Å². The average Bonchev–Trinajstić information content (AvgIpc) is 2.48. The lowest BCUT2D eigenvalue weighted by Crippen LogP contribution is -2.51. The van der Waals surface area contributed by atoms with Gasteiger partial charge in [0.25, 0.3) is 0 Å². The molecule has 1 heterocycles. The summed E-state index contributed by atoms with van der Waals surface area (Å²) in [7, 11) is -6.61. The van der Waals surface area contributed by atoms with Gasteiger partial charge in [-0.25, -0.2) is 21.6 Å². The minimum Gasteiger partial charge on any atom is -0.316 e. The highest BCUT2D eigenvalue weighted by Crippen LogP contribution is 2.24. The molecule has 0 saturated carbocycles. The molecule has 8 heteroatoms. The summed E-state index contributed by atoms with van der Waals surface area (Å²) in [6, 6.07) is 0. The Balaban J connectivity index is 2.72. The van der Waals surface area contributed by atoms with Crippen molar-refractivity contribution in [2.24, 2.45) is 0 Å². The maximum absolute atomic E-state index is 12.1. The van der Waals surface area contributed by atoms with Crippen molar-refractivity contribution in [3.8, 4) is 0 Å². The highest BCUT2D eigenvalue weighted by atomic mass is 32.2. The molecule has 2 atom stereocenters. The lowest BCUT2D eigenvalue weighted by Gasteiger charge is -2.26. The Morgan fingerprint density at radius 2 is 2.00 bits per heavy atom. The van der Waals surface area contributed by atoms with Gasteiger partial charge in [-0.2, -0.15) is 0 Å². The van der Waals surface area contributed by atoms with Gasteiger partial charge in [0.2, 0.25) is 10.0 Å². The van der Waals surface area contributed by atoms with E-state index < -0.39 is 30.6 Å². The van der Waals surface area contributed by atoms with E-state index in [4.69, 9.17) is 0 Å². The van der Waals surface area contributed by atoms with Crippen LogP contribution < -0.4 is 10.0 Å². The van der Waals surface area contributed by atoms with Crippen LogP contribution in [0.15, 0.2) is 0 Å². The second kappa shape index (κ2) is 5.44. The molecule has 1 saturated heterocycles. The first-order valence-corrected chi connectivity index (χ1v) is 9.41. The second-order valence-electron chi connectivity index (χ2n) is 5.17. The lowest BCUT2D eigenvalue weighted by atomic mass is 10.0. The van der Waals surface area contributed by atoms with Crippen molar-refractivity contribution >= 4 is 19.9 Å². The standard InChI is InChI=1S/C10H22N2O4S2/c1-4-11-7-9(2)18(15,16)12-10(3)5-6-17(13,14)8-10/h9,11-12H,4-8H2,1-3H3. The first kappa shape index (κ1) is 15.9. The fraction of sp³-hybridized carbons (Fsp3) is 1.00. The van der Waals surface area contributed by atoms with E-state index in [-0.39, 0.29) is 11.5 Å². The van der Waals surface area contributed by atoms with Crippen LogP contribution >= 0.6 is 0 Å². The van der Waals surface area contributed by atoms with E-state index in [1.165, 1.54) is 0 Å². The quantitative estimate of drug-likeness (QED) is 0.688. The Labute approximate surface area is 110 Å². The summed E-state index contributed by atoms with van der Waals surface area (Å²) in [6.45, 7) is 6.21. The van der Waals surface area contributed by atoms with Gasteiger partial charge < -0.3 is 5.32 Å². The number of sulfone groups is 1. The largest absolute Gasteiger partial charge is 0.316 e. The van der Waals surface area contributed by atoms with Crippen molar-refractivity contribution < 1.29 is 16.8 Å². The third-order valence-corrected chi connectivity index (χ3v) is 7.01. The number of rotatable bonds is 6. The molecule has 0 aromatic carbocycles. The molecule has 2 N–H and O–H groups in total. The normalized spacial score (nSPS) is 29.3. The Bertz CT molecular complexity index is 486. The van der Waals surface area contributed by atoms with Crippen LogP contribution in [0.25, 0.3) is 0 Å². The van der Waals surface area contributed by atoms with Crippen LogP contribution in [-0.4, -0.2) is 52.2 Å². The summed E-state index contributed by atoms with van der Waals surface area (Å²) in [5.41, 5.74) is -0.863. The van der Waals surface area contributed by atoms with Crippen LogP contribution in [0.5, 0.6) is 0 Å². The highest BCUT2D eigenvalue weighted by molar-refractivity contribution is 7.92. The zero-order chi connectivity index (χ0) is 14.0. The minimum absolute atomic E-state index is 0.0492. The van der Waals surface area contributed by atoms with Crippen molar-refractivity contribution in [1.82, 2.24) is 10.0 Å². The monoisotopic (exact) mass is 298 g/mol. The number of hydrogen-bond acceptors (Lipinski definition) is 5. The Morgan fingerprint density at radius 3 is 2.44 bits per heavy atom. The SMILES string of the molecule is CCNCC(C)S(=O)(=O)NC1(C)CCS(=O)(=O)C1. The maximum atomic E-state index is 12.1. The fourth-order valence-corrected chi connectivity index (χ4v) is 5.58. The lowest BCUT2D eigenvalue weighted by molar-refractivity contribution is 0.456. The van der Waals surface area contributed by atoms with Gasteiger partial charge in [0, 0.05) is 12.1 Å². The fourth-order valence-electron chi connectivity index (χ4n) is 1.99. The molecule has 0 aromatic rings. The first-order valence-electron chi connectivity index (χ1n) is 6.04. The van der Waals surface area contributed by atoms with Gasteiger partial charge in [-0.3, -0.25) is 0 Å². The molecule has 1 rings (SSSR count). The summed E-state index contributed by atoms with van der Waals surface area (Å²) in [5, 5.41) is 2.38. The van der Waals surface area contributed by atoms with Crippen LogP contribution in [0.2, 0.25) is 0 Å². The van der Waals surface area contributed by atoms with Crippen molar-refractivity contribution in [2.75, 3.05) is 24.6 Å². The van der Waals surface area contributed by atoms with Gasteiger partial charge in [0.15, 0.2) is 9.84 Å².